The lowest BCUT2D eigenvalue weighted by molar-refractivity contribution is -0.118. The molecule has 32 heavy (non-hydrogen) atoms. The van der Waals surface area contributed by atoms with Gasteiger partial charge in [-0.15, -0.1) is 0 Å². The topological polar surface area (TPSA) is 58.2 Å². The summed E-state index contributed by atoms with van der Waals surface area (Å²) in [4.78, 5) is 24.5. The van der Waals surface area contributed by atoms with Crippen LogP contribution >= 0.6 is 46.4 Å². The third-order valence-corrected chi connectivity index (χ3v) is 6.54. The fourth-order valence-corrected chi connectivity index (χ4v) is 4.59. The summed E-state index contributed by atoms with van der Waals surface area (Å²) in [5.74, 6) is -0.402. The highest BCUT2D eigenvalue weighted by molar-refractivity contribution is 6.37. The average molecular weight is 512 g/mol. The molecule has 0 spiro atoms. The number of hydrogen-bond acceptors (Lipinski definition) is 2. The standard InChI is InChI=1S/C24H22Cl4N2O2/c25-19-3-1-4-20(26)17(19)11-13-23(31)29-15-7-9-16(10-8-15)30-24(32)14-12-18-21(27)5-2-6-22(18)28/h1-6,11-16H,7-10H2,(H,29,31)(H,30,32). The van der Waals surface area contributed by atoms with Gasteiger partial charge in [-0.3, -0.25) is 9.59 Å². The van der Waals surface area contributed by atoms with Crippen LogP contribution in [-0.2, 0) is 9.59 Å². The van der Waals surface area contributed by atoms with Crippen molar-refractivity contribution in [1.82, 2.24) is 10.6 Å². The average Bonchev–Trinajstić information content (AvgIpc) is 2.74. The van der Waals surface area contributed by atoms with Crippen molar-refractivity contribution in [3.63, 3.8) is 0 Å². The highest BCUT2D eigenvalue weighted by Crippen LogP contribution is 2.26. The summed E-state index contributed by atoms with van der Waals surface area (Å²) in [7, 11) is 0. The fourth-order valence-electron chi connectivity index (χ4n) is 3.54. The Kier molecular flexibility index (Phi) is 9.06. The minimum Gasteiger partial charge on any atom is -0.350 e. The molecule has 0 atom stereocenters. The number of carbonyl (C=O) groups excluding carboxylic acids is 2. The maximum absolute atomic E-state index is 12.3. The fraction of sp³-hybridized carbons (Fsp3) is 0.250. The molecule has 4 nitrogen and oxygen atoms in total. The van der Waals surface area contributed by atoms with E-state index in [1.165, 1.54) is 12.2 Å². The number of carbonyl (C=O) groups is 2. The van der Waals surface area contributed by atoms with E-state index in [1.807, 2.05) is 0 Å². The second-order valence-electron chi connectivity index (χ2n) is 7.50. The van der Waals surface area contributed by atoms with Crippen molar-refractivity contribution in [3.8, 4) is 0 Å². The molecule has 2 aromatic rings. The predicted octanol–water partition coefficient (Wildman–Crippen LogP) is 6.57. The van der Waals surface area contributed by atoms with Gasteiger partial charge in [0.15, 0.2) is 0 Å². The summed E-state index contributed by atoms with van der Waals surface area (Å²) >= 11 is 24.5. The SMILES string of the molecule is O=C(C=Cc1c(Cl)cccc1Cl)NC1CCC(NC(=O)C=Cc2c(Cl)cccc2Cl)CC1. The Morgan fingerprint density at radius 3 is 1.28 bits per heavy atom. The monoisotopic (exact) mass is 510 g/mol. The molecule has 0 aromatic heterocycles. The third-order valence-electron chi connectivity index (χ3n) is 5.22. The normalized spacial score (nSPS) is 18.8. The van der Waals surface area contributed by atoms with E-state index in [0.717, 1.165) is 25.7 Å². The van der Waals surface area contributed by atoms with Gasteiger partial charge in [-0.1, -0.05) is 58.5 Å². The molecule has 8 heteroatoms. The van der Waals surface area contributed by atoms with Gasteiger partial charge in [0.05, 0.1) is 0 Å². The van der Waals surface area contributed by atoms with Gasteiger partial charge in [-0.2, -0.15) is 0 Å². The van der Waals surface area contributed by atoms with Crippen LogP contribution in [0.25, 0.3) is 12.2 Å². The number of amides is 2. The molecule has 0 heterocycles. The molecule has 0 unspecified atom stereocenters. The Bertz CT molecular complexity index is 920. The molecule has 1 aliphatic carbocycles. The number of benzene rings is 2. The van der Waals surface area contributed by atoms with E-state index in [0.29, 0.717) is 31.2 Å². The van der Waals surface area contributed by atoms with E-state index in [1.54, 1.807) is 48.6 Å². The first kappa shape index (κ1) is 24.7. The number of halogens is 4. The third kappa shape index (κ3) is 7.01. The molecule has 1 fully saturated rings. The van der Waals surface area contributed by atoms with Crippen LogP contribution in [0.1, 0.15) is 36.8 Å². The first-order valence-corrected chi connectivity index (χ1v) is 11.7. The van der Waals surface area contributed by atoms with Crippen LogP contribution in [0.3, 0.4) is 0 Å². The van der Waals surface area contributed by atoms with Gasteiger partial charge < -0.3 is 10.6 Å². The maximum atomic E-state index is 12.3. The smallest absolute Gasteiger partial charge is 0.244 e. The zero-order chi connectivity index (χ0) is 23.1. The lowest BCUT2D eigenvalue weighted by Crippen LogP contribution is -2.43. The summed E-state index contributed by atoms with van der Waals surface area (Å²) in [5.41, 5.74) is 1.23. The molecule has 2 amide bonds. The van der Waals surface area contributed by atoms with Gasteiger partial charge in [0, 0.05) is 55.5 Å². The molecular formula is C24H22Cl4N2O2. The van der Waals surface area contributed by atoms with E-state index in [-0.39, 0.29) is 23.9 Å². The molecule has 1 aliphatic rings. The van der Waals surface area contributed by atoms with Gasteiger partial charge in [-0.25, -0.2) is 0 Å². The minimum atomic E-state index is -0.201. The van der Waals surface area contributed by atoms with Gasteiger partial charge in [0.1, 0.15) is 0 Å². The van der Waals surface area contributed by atoms with Crippen LogP contribution in [0, 0.1) is 0 Å². The zero-order valence-corrected chi connectivity index (χ0v) is 20.1. The van der Waals surface area contributed by atoms with Crippen LogP contribution in [0.5, 0.6) is 0 Å². The summed E-state index contributed by atoms with van der Waals surface area (Å²) in [6, 6.07) is 10.5. The summed E-state index contributed by atoms with van der Waals surface area (Å²) < 4.78 is 0. The largest absolute Gasteiger partial charge is 0.350 e. The minimum absolute atomic E-state index is 0.0551. The van der Waals surface area contributed by atoms with E-state index in [2.05, 4.69) is 10.6 Å². The van der Waals surface area contributed by atoms with Crippen molar-refractivity contribution in [2.45, 2.75) is 37.8 Å². The molecule has 3 rings (SSSR count). The van der Waals surface area contributed by atoms with E-state index >= 15 is 0 Å². The molecule has 0 bridgehead atoms. The van der Waals surface area contributed by atoms with Crippen molar-refractivity contribution in [1.29, 1.82) is 0 Å². The van der Waals surface area contributed by atoms with Gasteiger partial charge in [-0.05, 0) is 62.1 Å². The lowest BCUT2D eigenvalue weighted by atomic mass is 9.91. The van der Waals surface area contributed by atoms with Crippen LogP contribution in [0.2, 0.25) is 20.1 Å². The Labute approximate surface area is 207 Å². The molecule has 1 saturated carbocycles. The van der Waals surface area contributed by atoms with Crippen molar-refractivity contribution < 1.29 is 9.59 Å². The number of nitrogens with one attached hydrogen (secondary N) is 2. The Balaban J connectivity index is 1.45. The highest BCUT2D eigenvalue weighted by Gasteiger charge is 2.22. The molecular weight excluding hydrogens is 490 g/mol. The van der Waals surface area contributed by atoms with Crippen LogP contribution < -0.4 is 10.6 Å². The molecule has 2 N–H and O–H groups in total. The first-order valence-electron chi connectivity index (χ1n) is 10.2. The van der Waals surface area contributed by atoms with E-state index in [4.69, 9.17) is 46.4 Å². The Morgan fingerprint density at radius 1 is 0.656 bits per heavy atom. The molecule has 0 radical (unpaired) electrons. The zero-order valence-electron chi connectivity index (χ0n) is 17.1. The van der Waals surface area contributed by atoms with Crippen molar-refractivity contribution in [2.24, 2.45) is 0 Å². The molecule has 2 aromatic carbocycles. The Hall–Kier alpha value is -1.98. The van der Waals surface area contributed by atoms with Gasteiger partial charge >= 0.3 is 0 Å². The first-order chi connectivity index (χ1) is 15.3. The summed E-state index contributed by atoms with van der Waals surface area (Å²) in [6.45, 7) is 0. The highest BCUT2D eigenvalue weighted by atomic mass is 35.5. The second kappa shape index (κ2) is 11.8. The van der Waals surface area contributed by atoms with Crippen molar-refractivity contribution in [3.05, 3.63) is 79.8 Å². The van der Waals surface area contributed by atoms with Crippen molar-refractivity contribution >= 4 is 70.4 Å². The van der Waals surface area contributed by atoms with E-state index in [9.17, 15) is 9.59 Å². The van der Waals surface area contributed by atoms with E-state index < -0.39 is 0 Å². The number of hydrogen-bond donors (Lipinski definition) is 2. The van der Waals surface area contributed by atoms with Gasteiger partial charge in [0.2, 0.25) is 11.8 Å². The molecule has 168 valence electrons. The van der Waals surface area contributed by atoms with Crippen LogP contribution in [-0.4, -0.2) is 23.9 Å². The summed E-state index contributed by atoms with van der Waals surface area (Å²) in [5, 5.41) is 7.94. The molecule has 0 aliphatic heterocycles. The van der Waals surface area contributed by atoms with Crippen LogP contribution in [0.15, 0.2) is 48.6 Å². The van der Waals surface area contributed by atoms with Crippen molar-refractivity contribution in [2.75, 3.05) is 0 Å². The van der Waals surface area contributed by atoms with Gasteiger partial charge in [0.25, 0.3) is 0 Å². The maximum Gasteiger partial charge on any atom is 0.244 e. The lowest BCUT2D eigenvalue weighted by Gasteiger charge is -2.29. The van der Waals surface area contributed by atoms with Crippen LogP contribution in [0.4, 0.5) is 0 Å². The number of rotatable bonds is 6. The quantitative estimate of drug-likeness (QED) is 0.431. The second-order valence-corrected chi connectivity index (χ2v) is 9.13. The molecule has 0 saturated heterocycles. The predicted molar refractivity (Wildman–Crippen MR) is 133 cm³/mol. The summed E-state index contributed by atoms with van der Waals surface area (Å²) in [6.07, 6.45) is 9.20. The Morgan fingerprint density at radius 2 is 0.969 bits per heavy atom.